The minimum atomic E-state index is -0.0260. The fourth-order valence-corrected chi connectivity index (χ4v) is 4.43. The molecule has 2 heterocycles. The molecule has 1 aromatic rings. The summed E-state index contributed by atoms with van der Waals surface area (Å²) in [5.74, 6) is 2.85. The SMILES string of the molecule is Cc1cc(C(=O)NCC2C3CN(C(C)C)CC23)c2c(c1N)CCO2. The number of nitrogen functional groups attached to an aromatic ring is 1. The van der Waals surface area contributed by atoms with Gasteiger partial charge in [-0.2, -0.15) is 0 Å². The van der Waals surface area contributed by atoms with Crippen LogP contribution in [0.4, 0.5) is 5.69 Å². The van der Waals surface area contributed by atoms with Crippen molar-refractivity contribution < 1.29 is 9.53 Å². The molecular weight excluding hydrogens is 302 g/mol. The van der Waals surface area contributed by atoms with Crippen LogP contribution in [0.15, 0.2) is 6.07 Å². The zero-order valence-corrected chi connectivity index (χ0v) is 14.8. The Labute approximate surface area is 143 Å². The lowest BCUT2D eigenvalue weighted by atomic mass is 10.0. The number of amides is 1. The molecule has 1 saturated carbocycles. The van der Waals surface area contributed by atoms with Crippen molar-refractivity contribution in [3.05, 3.63) is 22.8 Å². The van der Waals surface area contributed by atoms with Crippen molar-refractivity contribution in [3.8, 4) is 5.75 Å². The Morgan fingerprint density at radius 1 is 1.42 bits per heavy atom. The number of likely N-dealkylation sites (tertiary alicyclic amines) is 1. The zero-order valence-electron chi connectivity index (χ0n) is 14.8. The molecule has 1 saturated heterocycles. The largest absolute Gasteiger partial charge is 0.492 e. The molecule has 4 rings (SSSR count). The van der Waals surface area contributed by atoms with Crippen molar-refractivity contribution in [1.29, 1.82) is 0 Å². The Balaban J connectivity index is 1.39. The highest BCUT2D eigenvalue weighted by atomic mass is 16.5. The number of rotatable bonds is 4. The Bertz CT molecular complexity index is 674. The molecule has 0 bridgehead atoms. The van der Waals surface area contributed by atoms with E-state index in [2.05, 4.69) is 24.1 Å². The van der Waals surface area contributed by atoms with Gasteiger partial charge in [0.05, 0.1) is 12.2 Å². The Kier molecular flexibility index (Phi) is 3.71. The van der Waals surface area contributed by atoms with Crippen LogP contribution in [0.2, 0.25) is 0 Å². The monoisotopic (exact) mass is 329 g/mol. The van der Waals surface area contributed by atoms with Crippen LogP contribution in [0, 0.1) is 24.7 Å². The Hall–Kier alpha value is -1.75. The van der Waals surface area contributed by atoms with Gasteiger partial charge >= 0.3 is 0 Å². The van der Waals surface area contributed by atoms with Crippen LogP contribution >= 0.6 is 0 Å². The molecule has 2 fully saturated rings. The quantitative estimate of drug-likeness (QED) is 0.827. The summed E-state index contributed by atoms with van der Waals surface area (Å²) in [5.41, 5.74) is 9.48. The number of nitrogens with one attached hydrogen (secondary N) is 1. The lowest BCUT2D eigenvalue weighted by Gasteiger charge is -2.23. The molecule has 3 aliphatic rings. The number of ether oxygens (including phenoxy) is 1. The van der Waals surface area contributed by atoms with Crippen molar-refractivity contribution in [3.63, 3.8) is 0 Å². The molecule has 0 aromatic heterocycles. The molecule has 5 heteroatoms. The third-order valence-electron chi connectivity index (χ3n) is 6.10. The van der Waals surface area contributed by atoms with Crippen LogP contribution < -0.4 is 15.8 Å². The van der Waals surface area contributed by atoms with Gasteiger partial charge in [0.25, 0.3) is 5.91 Å². The number of benzene rings is 1. The van der Waals surface area contributed by atoms with Gasteiger partial charge in [-0.05, 0) is 50.2 Å². The lowest BCUT2D eigenvalue weighted by Crippen LogP contribution is -2.34. The van der Waals surface area contributed by atoms with Crippen LogP contribution in [0.1, 0.15) is 35.3 Å². The molecule has 3 N–H and O–H groups in total. The van der Waals surface area contributed by atoms with Gasteiger partial charge in [-0.1, -0.05) is 0 Å². The van der Waals surface area contributed by atoms with E-state index < -0.39 is 0 Å². The maximum atomic E-state index is 12.7. The van der Waals surface area contributed by atoms with Crippen molar-refractivity contribution in [2.75, 3.05) is 32.0 Å². The zero-order chi connectivity index (χ0) is 17.0. The minimum Gasteiger partial charge on any atom is -0.492 e. The summed E-state index contributed by atoms with van der Waals surface area (Å²) in [6.45, 7) is 10.2. The van der Waals surface area contributed by atoms with Crippen molar-refractivity contribution in [2.24, 2.45) is 17.8 Å². The maximum absolute atomic E-state index is 12.7. The number of hydrogen-bond donors (Lipinski definition) is 2. The molecule has 5 nitrogen and oxygen atoms in total. The summed E-state index contributed by atoms with van der Waals surface area (Å²) >= 11 is 0. The van der Waals surface area contributed by atoms with E-state index in [4.69, 9.17) is 10.5 Å². The number of anilines is 1. The second-order valence-corrected chi connectivity index (χ2v) is 7.81. The van der Waals surface area contributed by atoms with Gasteiger partial charge < -0.3 is 20.7 Å². The number of carbonyl (C=O) groups excluding carboxylic acids is 1. The number of fused-ring (bicyclic) bond motifs is 2. The standard InChI is InChI=1S/C19H27N3O2/c1-10(2)22-8-15-14(16(15)9-22)7-21-19(23)13-6-11(3)17(20)12-4-5-24-18(12)13/h6,10,14-16H,4-5,7-9,20H2,1-3H3,(H,21,23). The lowest BCUT2D eigenvalue weighted by molar-refractivity contribution is 0.0945. The Morgan fingerprint density at radius 2 is 2.12 bits per heavy atom. The first-order valence-electron chi connectivity index (χ1n) is 9.04. The number of hydrogen-bond acceptors (Lipinski definition) is 4. The van der Waals surface area contributed by atoms with Crippen molar-refractivity contribution in [1.82, 2.24) is 10.2 Å². The molecule has 130 valence electrons. The van der Waals surface area contributed by atoms with Crippen molar-refractivity contribution >= 4 is 11.6 Å². The van der Waals surface area contributed by atoms with Gasteiger partial charge in [-0.25, -0.2) is 0 Å². The smallest absolute Gasteiger partial charge is 0.255 e. The van der Waals surface area contributed by atoms with Gasteiger partial charge in [0, 0.05) is 43.3 Å². The van der Waals surface area contributed by atoms with Gasteiger partial charge in [-0.3, -0.25) is 4.79 Å². The highest BCUT2D eigenvalue weighted by Gasteiger charge is 2.55. The fraction of sp³-hybridized carbons (Fsp3) is 0.632. The first kappa shape index (κ1) is 15.8. The predicted molar refractivity (Wildman–Crippen MR) is 94.3 cm³/mol. The van der Waals surface area contributed by atoms with Crippen LogP contribution in [0.5, 0.6) is 5.75 Å². The minimum absolute atomic E-state index is 0.0260. The molecule has 2 aliphatic heterocycles. The average molecular weight is 329 g/mol. The van der Waals surface area contributed by atoms with E-state index in [0.29, 0.717) is 29.9 Å². The average Bonchev–Trinajstić information content (AvgIpc) is 2.97. The Morgan fingerprint density at radius 3 is 2.79 bits per heavy atom. The second-order valence-electron chi connectivity index (χ2n) is 7.81. The number of nitrogens with zero attached hydrogens (tertiary/aromatic N) is 1. The van der Waals surface area contributed by atoms with Gasteiger partial charge in [0.1, 0.15) is 5.75 Å². The molecule has 0 spiro atoms. The summed E-state index contributed by atoms with van der Waals surface area (Å²) in [5, 5.41) is 3.13. The van der Waals surface area contributed by atoms with E-state index in [0.717, 1.165) is 41.6 Å². The van der Waals surface area contributed by atoms with Crippen LogP contribution in [0.25, 0.3) is 0 Å². The number of carbonyl (C=O) groups is 1. The summed E-state index contributed by atoms with van der Waals surface area (Å²) < 4.78 is 5.68. The van der Waals surface area contributed by atoms with Gasteiger partial charge in [0.15, 0.2) is 0 Å². The number of piperidine rings is 1. The fourth-order valence-electron chi connectivity index (χ4n) is 4.43. The van der Waals surface area contributed by atoms with E-state index in [1.807, 2.05) is 13.0 Å². The topological polar surface area (TPSA) is 67.6 Å². The highest BCUT2D eigenvalue weighted by Crippen LogP contribution is 2.51. The van der Waals surface area contributed by atoms with E-state index in [-0.39, 0.29) is 5.91 Å². The number of aryl methyl sites for hydroxylation is 1. The summed E-state index contributed by atoms with van der Waals surface area (Å²) in [7, 11) is 0. The molecule has 1 aromatic carbocycles. The molecule has 2 atom stereocenters. The summed E-state index contributed by atoms with van der Waals surface area (Å²) in [6.07, 6.45) is 0.793. The second kappa shape index (κ2) is 5.66. The normalized spacial score (nSPS) is 27.8. The van der Waals surface area contributed by atoms with E-state index >= 15 is 0 Å². The predicted octanol–water partition coefficient (Wildman–Crippen LogP) is 1.83. The summed E-state index contributed by atoms with van der Waals surface area (Å²) in [4.78, 5) is 15.2. The molecule has 2 unspecified atom stereocenters. The van der Waals surface area contributed by atoms with Crippen molar-refractivity contribution in [2.45, 2.75) is 33.2 Å². The van der Waals surface area contributed by atoms with Crippen LogP contribution in [0.3, 0.4) is 0 Å². The molecule has 1 aliphatic carbocycles. The van der Waals surface area contributed by atoms with Crippen LogP contribution in [-0.2, 0) is 6.42 Å². The van der Waals surface area contributed by atoms with E-state index in [1.54, 1.807) is 0 Å². The third-order valence-corrected chi connectivity index (χ3v) is 6.10. The van der Waals surface area contributed by atoms with Gasteiger partial charge in [0.2, 0.25) is 0 Å². The molecule has 1 amide bonds. The third kappa shape index (κ3) is 2.46. The van der Waals surface area contributed by atoms with E-state index in [1.165, 1.54) is 13.1 Å². The van der Waals surface area contributed by atoms with Gasteiger partial charge in [-0.15, -0.1) is 0 Å². The molecule has 24 heavy (non-hydrogen) atoms. The van der Waals surface area contributed by atoms with E-state index in [9.17, 15) is 4.79 Å². The first-order chi connectivity index (χ1) is 11.5. The summed E-state index contributed by atoms with van der Waals surface area (Å²) in [6, 6.07) is 2.49. The molecule has 0 radical (unpaired) electrons. The number of nitrogens with two attached hydrogens (primary N) is 1. The van der Waals surface area contributed by atoms with Crippen LogP contribution in [-0.4, -0.2) is 43.1 Å². The molecular formula is C19H27N3O2. The first-order valence-corrected chi connectivity index (χ1v) is 9.04. The maximum Gasteiger partial charge on any atom is 0.255 e. The highest BCUT2D eigenvalue weighted by molar-refractivity contribution is 5.98.